The Kier molecular flexibility index (Phi) is 14.6. The Hall–Kier alpha value is -3.80. The van der Waals surface area contributed by atoms with Gasteiger partial charge in [-0.05, 0) is 75.5 Å². The molecule has 3 unspecified atom stereocenters. The quantitative estimate of drug-likeness (QED) is 0.0526. The standard InChI is InChI=1S/C35H49F2N3O16/c1-32-11-9-20(41)15-23(32)24(36)16-22-21-10-12-34(33(21,2)18-26(42)35(22,32)37,56-29(45)8-6-14-55-40(51)52)27(43)19-53-30(46)17-25(31(47)48)38-28(44)7-4-3-5-13-54-39(49)50/h9,11,15,21-22,24-26,42,49-52H,3-8,10,12-14,16-19H2,1-2H3,(H,38,44)(H,47,48)/t21?,22?,24-,25?,26-,32-,33-,34-,35-/m0/s1. The molecule has 314 valence electrons. The summed E-state index contributed by atoms with van der Waals surface area (Å²) in [6.45, 7) is 1.41. The number of carbonyl (C=O) groups is 6. The average molecular weight is 806 g/mol. The van der Waals surface area contributed by atoms with Crippen LogP contribution in [0.25, 0.3) is 0 Å². The number of ketones is 2. The van der Waals surface area contributed by atoms with Gasteiger partial charge in [-0.25, -0.2) is 13.6 Å². The molecule has 0 aromatic rings. The third-order valence-corrected chi connectivity index (χ3v) is 11.8. The molecule has 3 saturated carbocycles. The highest BCUT2D eigenvalue weighted by Gasteiger charge is 2.76. The number of hydrogen-bond donors (Lipinski definition) is 7. The first kappa shape index (κ1) is 44.9. The van der Waals surface area contributed by atoms with Crippen molar-refractivity contribution < 1.29 is 87.7 Å². The number of hydrogen-bond acceptors (Lipinski definition) is 17. The van der Waals surface area contributed by atoms with Crippen molar-refractivity contribution in [2.45, 2.75) is 114 Å². The first-order chi connectivity index (χ1) is 26.2. The molecular weight excluding hydrogens is 756 g/mol. The Morgan fingerprint density at radius 1 is 0.964 bits per heavy atom. The lowest BCUT2D eigenvalue weighted by Gasteiger charge is -2.63. The Bertz CT molecular complexity index is 1580. The van der Waals surface area contributed by atoms with Crippen molar-refractivity contribution in [3.05, 3.63) is 23.8 Å². The molecule has 3 fully saturated rings. The summed E-state index contributed by atoms with van der Waals surface area (Å²) in [4.78, 5) is 85.7. The Labute approximate surface area is 319 Å². The van der Waals surface area contributed by atoms with Crippen LogP contribution in [0, 0.1) is 22.7 Å². The molecule has 7 N–H and O–H groups in total. The zero-order chi connectivity index (χ0) is 41.6. The van der Waals surface area contributed by atoms with Gasteiger partial charge in [-0.1, -0.05) is 19.4 Å². The van der Waals surface area contributed by atoms with Gasteiger partial charge < -0.3 is 25.0 Å². The summed E-state index contributed by atoms with van der Waals surface area (Å²) in [7, 11) is 0. The number of nitrogens with one attached hydrogen (secondary N) is 1. The van der Waals surface area contributed by atoms with Gasteiger partial charge in [0.2, 0.25) is 11.7 Å². The highest BCUT2D eigenvalue weighted by Crippen LogP contribution is 2.70. The van der Waals surface area contributed by atoms with Crippen LogP contribution < -0.4 is 5.32 Å². The summed E-state index contributed by atoms with van der Waals surface area (Å²) >= 11 is 0. The molecule has 0 radical (unpaired) electrons. The largest absolute Gasteiger partial charge is 0.480 e. The summed E-state index contributed by atoms with van der Waals surface area (Å²) < 4.78 is 44.6. The Morgan fingerprint density at radius 3 is 2.27 bits per heavy atom. The van der Waals surface area contributed by atoms with Crippen LogP contribution in [0.2, 0.25) is 0 Å². The van der Waals surface area contributed by atoms with Gasteiger partial charge in [-0.2, -0.15) is 0 Å². The molecule has 21 heteroatoms. The molecule has 0 saturated heterocycles. The van der Waals surface area contributed by atoms with Gasteiger partial charge in [0.15, 0.2) is 23.7 Å². The lowest BCUT2D eigenvalue weighted by Crippen LogP contribution is -2.70. The number of nitrogens with zero attached hydrogens (tertiary/aromatic N) is 2. The molecule has 4 aliphatic rings. The summed E-state index contributed by atoms with van der Waals surface area (Å²) in [5.74, 6) is -8.14. The summed E-state index contributed by atoms with van der Waals surface area (Å²) in [6, 6.07) is -1.75. The smallest absolute Gasteiger partial charge is 0.326 e. The number of halogens is 2. The fraction of sp³-hybridized carbons (Fsp3) is 0.714. The average Bonchev–Trinajstić information content (AvgIpc) is 3.40. The minimum atomic E-state index is -2.51. The fourth-order valence-electron chi connectivity index (χ4n) is 9.15. The van der Waals surface area contributed by atoms with Crippen molar-refractivity contribution >= 4 is 35.4 Å². The molecule has 9 atom stereocenters. The monoisotopic (exact) mass is 805 g/mol. The lowest BCUT2D eigenvalue weighted by molar-refractivity contribution is -0.492. The van der Waals surface area contributed by atoms with E-state index >= 15 is 8.78 Å². The van der Waals surface area contributed by atoms with Crippen LogP contribution in [-0.4, -0.2) is 127 Å². The number of unbranched alkanes of at least 4 members (excludes halogenated alkanes) is 2. The van der Waals surface area contributed by atoms with Crippen LogP contribution in [0.3, 0.4) is 0 Å². The number of allylic oxidation sites excluding steroid dienone is 4. The van der Waals surface area contributed by atoms with Crippen molar-refractivity contribution in [2.75, 3.05) is 19.8 Å². The summed E-state index contributed by atoms with van der Waals surface area (Å²) in [6.07, 6.45) is -2.02. The number of carboxylic acids is 1. The van der Waals surface area contributed by atoms with Crippen LogP contribution >= 0.6 is 0 Å². The third-order valence-electron chi connectivity index (χ3n) is 11.8. The van der Waals surface area contributed by atoms with Crippen LogP contribution in [0.4, 0.5) is 8.78 Å². The van der Waals surface area contributed by atoms with Gasteiger partial charge in [0.1, 0.15) is 12.2 Å². The van der Waals surface area contributed by atoms with E-state index in [1.165, 1.54) is 19.9 Å². The van der Waals surface area contributed by atoms with Crippen molar-refractivity contribution in [1.82, 2.24) is 16.1 Å². The van der Waals surface area contributed by atoms with E-state index in [4.69, 9.17) is 30.3 Å². The van der Waals surface area contributed by atoms with Crippen LogP contribution in [-0.2, 0) is 47.9 Å². The topological polar surface area (TPSA) is 279 Å². The first-order valence-electron chi connectivity index (χ1n) is 18.2. The van der Waals surface area contributed by atoms with Crippen LogP contribution in [0.1, 0.15) is 84.5 Å². The number of aliphatic hydroxyl groups is 1. The molecule has 0 bridgehead atoms. The minimum Gasteiger partial charge on any atom is -0.480 e. The molecule has 19 nitrogen and oxygen atoms in total. The van der Waals surface area contributed by atoms with Crippen molar-refractivity contribution in [3.63, 3.8) is 0 Å². The second kappa shape index (κ2) is 18.2. The maximum Gasteiger partial charge on any atom is 0.326 e. The van der Waals surface area contributed by atoms with Gasteiger partial charge >= 0.3 is 17.9 Å². The number of ether oxygens (including phenoxy) is 2. The molecular formula is C35H49F2N3O16. The lowest BCUT2D eigenvalue weighted by atomic mass is 9.44. The van der Waals surface area contributed by atoms with Crippen LogP contribution in [0.15, 0.2) is 23.8 Å². The van der Waals surface area contributed by atoms with Gasteiger partial charge in [0.05, 0.1) is 36.5 Å². The van der Waals surface area contributed by atoms with Crippen molar-refractivity contribution in [1.29, 1.82) is 0 Å². The fourth-order valence-corrected chi connectivity index (χ4v) is 9.15. The predicted molar refractivity (Wildman–Crippen MR) is 178 cm³/mol. The molecule has 0 aromatic carbocycles. The van der Waals surface area contributed by atoms with Gasteiger partial charge in [0.25, 0.3) is 0 Å². The van der Waals surface area contributed by atoms with Crippen molar-refractivity contribution in [2.24, 2.45) is 22.7 Å². The number of aliphatic carboxylic acids is 1. The van der Waals surface area contributed by atoms with E-state index in [9.17, 15) is 39.0 Å². The molecule has 56 heavy (non-hydrogen) atoms. The molecule has 0 spiro atoms. The number of carboxylic acid groups (broad SMARTS) is 1. The highest BCUT2D eigenvalue weighted by molar-refractivity contribution is 6.01. The molecule has 0 aromatic heterocycles. The molecule has 4 rings (SSSR count). The number of aliphatic hydroxyl groups excluding tert-OH is 1. The highest BCUT2D eigenvalue weighted by atomic mass is 19.1. The SMILES string of the molecule is C[C@]12C=CC(=O)C=C1[C@@H](F)CC1C3CC[C@](OC(=O)CCCON(O)O)(C(=O)COC(=O)CC(NC(=O)CCCCCON(O)O)C(=O)O)[C@@]3(C)C[C@H](O)[C@@]12F. The number of esters is 2. The number of alkyl halides is 2. The molecule has 0 aliphatic heterocycles. The Morgan fingerprint density at radius 2 is 1.62 bits per heavy atom. The normalized spacial score (nSPS) is 32.6. The maximum absolute atomic E-state index is 17.7. The molecule has 4 aliphatic carbocycles. The third kappa shape index (κ3) is 9.16. The Balaban J connectivity index is 1.51. The van der Waals surface area contributed by atoms with E-state index in [0.717, 1.165) is 12.2 Å². The van der Waals surface area contributed by atoms with E-state index in [-0.39, 0.29) is 50.9 Å². The molecule has 1 amide bonds. The van der Waals surface area contributed by atoms with E-state index in [2.05, 4.69) is 15.0 Å². The number of carbonyl (C=O) groups excluding carboxylic acids is 5. The number of rotatable bonds is 20. The minimum absolute atomic E-state index is 0.00553. The second-order valence-corrected chi connectivity index (χ2v) is 15.0. The predicted octanol–water partition coefficient (Wildman–Crippen LogP) is 2.02. The van der Waals surface area contributed by atoms with Gasteiger partial charge in [-0.15, -0.1) is 0 Å². The zero-order valence-corrected chi connectivity index (χ0v) is 30.9. The molecule has 0 heterocycles. The van der Waals surface area contributed by atoms with E-state index < -0.39 is 131 Å². The van der Waals surface area contributed by atoms with Gasteiger partial charge in [-0.3, -0.25) is 54.5 Å². The maximum atomic E-state index is 17.7. The summed E-state index contributed by atoms with van der Waals surface area (Å²) in [5.41, 5.74) is -8.09. The van der Waals surface area contributed by atoms with E-state index in [1.807, 2.05) is 0 Å². The van der Waals surface area contributed by atoms with E-state index in [1.54, 1.807) is 0 Å². The number of fused-ring (bicyclic) bond motifs is 5. The first-order valence-corrected chi connectivity index (χ1v) is 18.2. The van der Waals surface area contributed by atoms with Gasteiger partial charge in [0, 0.05) is 29.6 Å². The number of amides is 1. The number of Topliss-reactive ketones (excluding diaryl/α,β-unsaturated/α-hetero) is 1. The van der Waals surface area contributed by atoms with Crippen LogP contribution in [0.5, 0.6) is 0 Å². The zero-order valence-electron chi connectivity index (χ0n) is 30.9. The second-order valence-electron chi connectivity index (χ2n) is 15.0. The van der Waals surface area contributed by atoms with E-state index in [0.29, 0.717) is 12.8 Å². The van der Waals surface area contributed by atoms with Crippen molar-refractivity contribution in [3.8, 4) is 0 Å². The summed E-state index contributed by atoms with van der Waals surface area (Å²) in [5, 5.41) is 57.1.